The molecule has 0 spiro atoms. The van der Waals surface area contributed by atoms with Crippen molar-refractivity contribution in [3.8, 4) is 17.2 Å². The zero-order valence-corrected chi connectivity index (χ0v) is 13.9. The molecule has 1 saturated heterocycles. The number of likely N-dealkylation sites (tertiary alicyclic amines) is 1. The third kappa shape index (κ3) is 3.62. The van der Waals surface area contributed by atoms with Gasteiger partial charge in [0, 0.05) is 18.5 Å². The van der Waals surface area contributed by atoms with E-state index in [1.807, 2.05) is 47.4 Å². The third-order valence-corrected chi connectivity index (χ3v) is 4.11. The van der Waals surface area contributed by atoms with Crippen LogP contribution in [0.4, 0.5) is 0 Å². The first-order valence-electron chi connectivity index (χ1n) is 7.93. The maximum absolute atomic E-state index is 12.6. The molecular weight excluding hydrogens is 306 g/mol. The number of hydrogen-bond donors (Lipinski definition) is 0. The number of benzene rings is 2. The molecule has 1 aliphatic rings. The number of rotatable bonds is 5. The van der Waals surface area contributed by atoms with Crippen molar-refractivity contribution in [1.29, 1.82) is 0 Å². The Hall–Kier alpha value is -2.69. The van der Waals surface area contributed by atoms with Crippen LogP contribution in [0.3, 0.4) is 0 Å². The summed E-state index contributed by atoms with van der Waals surface area (Å²) in [5.74, 6) is 2.28. The molecule has 0 N–H and O–H groups in total. The number of carbonyl (C=O) groups excluding carboxylic acids is 1. The van der Waals surface area contributed by atoms with Crippen molar-refractivity contribution in [3.05, 3.63) is 54.1 Å². The van der Waals surface area contributed by atoms with Crippen LogP contribution in [0.25, 0.3) is 0 Å². The van der Waals surface area contributed by atoms with Crippen molar-refractivity contribution < 1.29 is 19.0 Å². The maximum Gasteiger partial charge on any atom is 0.254 e. The van der Waals surface area contributed by atoms with Crippen molar-refractivity contribution in [1.82, 2.24) is 4.90 Å². The lowest BCUT2D eigenvalue weighted by Gasteiger charge is -2.18. The van der Waals surface area contributed by atoms with Crippen LogP contribution in [-0.2, 0) is 0 Å². The van der Waals surface area contributed by atoms with Gasteiger partial charge in [-0.25, -0.2) is 0 Å². The molecule has 5 nitrogen and oxygen atoms in total. The van der Waals surface area contributed by atoms with Gasteiger partial charge in [-0.1, -0.05) is 6.07 Å². The molecule has 0 aromatic heterocycles. The molecule has 2 aromatic carbocycles. The quantitative estimate of drug-likeness (QED) is 0.847. The van der Waals surface area contributed by atoms with E-state index in [9.17, 15) is 4.79 Å². The van der Waals surface area contributed by atoms with Gasteiger partial charge < -0.3 is 19.1 Å². The highest BCUT2D eigenvalue weighted by molar-refractivity contribution is 5.94. The molecule has 1 heterocycles. The molecule has 2 aromatic rings. The lowest BCUT2D eigenvalue weighted by molar-refractivity contribution is 0.0772. The van der Waals surface area contributed by atoms with Crippen molar-refractivity contribution in [2.24, 2.45) is 0 Å². The molecule has 1 fully saturated rings. The third-order valence-electron chi connectivity index (χ3n) is 4.11. The second-order valence-corrected chi connectivity index (χ2v) is 5.69. The van der Waals surface area contributed by atoms with Crippen molar-refractivity contribution in [2.45, 2.75) is 12.5 Å². The molecular formula is C19H21NO4. The molecule has 24 heavy (non-hydrogen) atoms. The highest BCUT2D eigenvalue weighted by Gasteiger charge is 2.28. The van der Waals surface area contributed by atoms with Crippen LogP contribution in [-0.4, -0.2) is 44.2 Å². The smallest absolute Gasteiger partial charge is 0.254 e. The number of methoxy groups -OCH3 is 2. The first-order valence-corrected chi connectivity index (χ1v) is 7.93. The van der Waals surface area contributed by atoms with Crippen molar-refractivity contribution in [2.75, 3.05) is 27.3 Å². The monoisotopic (exact) mass is 327 g/mol. The fourth-order valence-electron chi connectivity index (χ4n) is 2.79. The molecule has 5 heteroatoms. The van der Waals surface area contributed by atoms with E-state index in [1.54, 1.807) is 20.3 Å². The number of hydrogen-bond acceptors (Lipinski definition) is 4. The van der Waals surface area contributed by atoms with E-state index in [1.165, 1.54) is 0 Å². The standard InChI is InChI=1S/C19H21NO4/c1-22-15-6-8-16(9-7-15)24-18-10-11-20(13-18)19(21)14-4-3-5-17(12-14)23-2/h3-9,12,18H,10-11,13H2,1-2H3/t18-/m1/s1. The van der Waals surface area contributed by atoms with E-state index in [0.717, 1.165) is 17.9 Å². The van der Waals surface area contributed by atoms with Crippen LogP contribution in [0, 0.1) is 0 Å². The van der Waals surface area contributed by atoms with Crippen molar-refractivity contribution >= 4 is 5.91 Å². The Morgan fingerprint density at radius 1 is 1.00 bits per heavy atom. The fourth-order valence-corrected chi connectivity index (χ4v) is 2.79. The zero-order valence-electron chi connectivity index (χ0n) is 13.9. The minimum absolute atomic E-state index is 0.00736. The summed E-state index contributed by atoms with van der Waals surface area (Å²) in [4.78, 5) is 14.4. The number of ether oxygens (including phenoxy) is 3. The SMILES string of the molecule is COc1ccc(O[C@@H]2CCN(C(=O)c3cccc(OC)c3)C2)cc1. The van der Waals surface area contributed by atoms with Gasteiger partial charge in [-0.2, -0.15) is 0 Å². The largest absolute Gasteiger partial charge is 0.497 e. The molecule has 1 aliphatic heterocycles. The summed E-state index contributed by atoms with van der Waals surface area (Å²) in [6, 6.07) is 14.7. The van der Waals surface area contributed by atoms with E-state index >= 15 is 0 Å². The molecule has 3 rings (SSSR count). The highest BCUT2D eigenvalue weighted by atomic mass is 16.5. The van der Waals surface area contributed by atoms with Gasteiger partial charge in [0.1, 0.15) is 23.4 Å². The number of amides is 1. The Bertz CT molecular complexity index is 699. The first kappa shape index (κ1) is 16.2. The lowest BCUT2D eigenvalue weighted by atomic mass is 10.2. The molecule has 126 valence electrons. The molecule has 0 unspecified atom stereocenters. The Labute approximate surface area is 141 Å². The van der Waals surface area contributed by atoms with Gasteiger partial charge in [-0.15, -0.1) is 0 Å². The van der Waals surface area contributed by atoms with E-state index < -0.39 is 0 Å². The summed E-state index contributed by atoms with van der Waals surface area (Å²) in [6.45, 7) is 1.28. The maximum atomic E-state index is 12.6. The molecule has 1 amide bonds. The molecule has 1 atom stereocenters. The zero-order chi connectivity index (χ0) is 16.9. The molecule has 0 saturated carbocycles. The normalized spacial score (nSPS) is 16.8. The van der Waals surface area contributed by atoms with E-state index in [2.05, 4.69) is 0 Å². The van der Waals surface area contributed by atoms with E-state index in [4.69, 9.17) is 14.2 Å². The molecule has 0 bridgehead atoms. The minimum Gasteiger partial charge on any atom is -0.497 e. The van der Waals surface area contributed by atoms with Gasteiger partial charge >= 0.3 is 0 Å². The molecule has 0 radical (unpaired) electrons. The van der Waals surface area contributed by atoms with E-state index in [0.29, 0.717) is 24.4 Å². The second-order valence-electron chi connectivity index (χ2n) is 5.69. The van der Waals surface area contributed by atoms with Crippen LogP contribution in [0.2, 0.25) is 0 Å². The topological polar surface area (TPSA) is 48.0 Å². The van der Waals surface area contributed by atoms with Gasteiger partial charge in [0.2, 0.25) is 0 Å². The lowest BCUT2D eigenvalue weighted by Crippen LogP contribution is -2.30. The second kappa shape index (κ2) is 7.25. The molecule has 0 aliphatic carbocycles. The summed E-state index contributed by atoms with van der Waals surface area (Å²) in [7, 11) is 3.23. The predicted octanol–water partition coefficient (Wildman–Crippen LogP) is 3.00. The average molecular weight is 327 g/mol. The number of nitrogens with zero attached hydrogens (tertiary/aromatic N) is 1. The summed E-state index contributed by atoms with van der Waals surface area (Å²) >= 11 is 0. The Balaban J connectivity index is 1.60. The fraction of sp³-hybridized carbons (Fsp3) is 0.316. The highest BCUT2D eigenvalue weighted by Crippen LogP contribution is 2.23. The van der Waals surface area contributed by atoms with Gasteiger partial charge in [-0.05, 0) is 42.5 Å². The van der Waals surface area contributed by atoms with Crippen LogP contribution >= 0.6 is 0 Å². The van der Waals surface area contributed by atoms with Gasteiger partial charge in [0.15, 0.2) is 0 Å². The van der Waals surface area contributed by atoms with Crippen molar-refractivity contribution in [3.63, 3.8) is 0 Å². The van der Waals surface area contributed by atoms with Gasteiger partial charge in [0.25, 0.3) is 5.91 Å². The van der Waals surface area contributed by atoms with Gasteiger partial charge in [-0.3, -0.25) is 4.79 Å². The first-order chi connectivity index (χ1) is 11.7. The van der Waals surface area contributed by atoms with Crippen LogP contribution in [0.5, 0.6) is 17.2 Å². The Kier molecular flexibility index (Phi) is 4.89. The summed E-state index contributed by atoms with van der Waals surface area (Å²) in [5, 5.41) is 0. The van der Waals surface area contributed by atoms with Crippen LogP contribution < -0.4 is 14.2 Å². The summed E-state index contributed by atoms with van der Waals surface area (Å²) < 4.78 is 16.3. The number of carbonyl (C=O) groups is 1. The van der Waals surface area contributed by atoms with Crippen LogP contribution in [0.1, 0.15) is 16.8 Å². The summed E-state index contributed by atoms with van der Waals surface area (Å²) in [5.41, 5.74) is 0.638. The minimum atomic E-state index is 0.00736. The van der Waals surface area contributed by atoms with Gasteiger partial charge in [0.05, 0.1) is 20.8 Å². The predicted molar refractivity (Wildman–Crippen MR) is 90.9 cm³/mol. The summed E-state index contributed by atoms with van der Waals surface area (Å²) in [6.07, 6.45) is 0.829. The van der Waals surface area contributed by atoms with E-state index in [-0.39, 0.29) is 12.0 Å². The van der Waals surface area contributed by atoms with Crippen LogP contribution in [0.15, 0.2) is 48.5 Å². The Morgan fingerprint density at radius 2 is 1.71 bits per heavy atom. The average Bonchev–Trinajstić information content (AvgIpc) is 3.10. The Morgan fingerprint density at radius 3 is 2.42 bits per heavy atom.